The highest BCUT2D eigenvalue weighted by Gasteiger charge is 2.18. The van der Waals surface area contributed by atoms with E-state index in [4.69, 9.17) is 0 Å². The topological polar surface area (TPSA) is 17.1 Å². The molecule has 1 aliphatic carbocycles. The zero-order valence-corrected chi connectivity index (χ0v) is 9.42. The highest BCUT2D eigenvalue weighted by Crippen LogP contribution is 2.28. The Morgan fingerprint density at radius 2 is 2.36 bits per heavy atom. The van der Waals surface area contributed by atoms with E-state index in [9.17, 15) is 4.79 Å². The second-order valence-electron chi connectivity index (χ2n) is 4.28. The predicted molar refractivity (Wildman–Crippen MR) is 60.1 cm³/mol. The monoisotopic (exact) mass is 192 g/mol. The van der Waals surface area contributed by atoms with Crippen LogP contribution in [0.3, 0.4) is 0 Å². The van der Waals surface area contributed by atoms with E-state index in [-0.39, 0.29) is 11.7 Å². The Kier molecular flexibility index (Phi) is 4.12. The molecule has 2 atom stereocenters. The molecule has 1 heteroatoms. The first-order valence-electron chi connectivity index (χ1n) is 5.50. The molecule has 14 heavy (non-hydrogen) atoms. The molecule has 78 valence electrons. The zero-order chi connectivity index (χ0) is 10.6. The fourth-order valence-electron chi connectivity index (χ4n) is 1.87. The summed E-state index contributed by atoms with van der Waals surface area (Å²) in [5, 5.41) is 0. The van der Waals surface area contributed by atoms with Crippen molar-refractivity contribution in [3.8, 4) is 0 Å². The summed E-state index contributed by atoms with van der Waals surface area (Å²) in [5.41, 5.74) is 1.34. The Morgan fingerprint density at radius 1 is 1.64 bits per heavy atom. The van der Waals surface area contributed by atoms with Gasteiger partial charge in [0.25, 0.3) is 0 Å². The first-order chi connectivity index (χ1) is 6.65. The van der Waals surface area contributed by atoms with Crippen molar-refractivity contribution < 1.29 is 4.79 Å². The highest BCUT2D eigenvalue weighted by atomic mass is 16.1. The molecule has 0 amide bonds. The van der Waals surface area contributed by atoms with Crippen LogP contribution in [0, 0.1) is 11.8 Å². The van der Waals surface area contributed by atoms with Gasteiger partial charge in [-0.15, -0.1) is 0 Å². The second-order valence-corrected chi connectivity index (χ2v) is 4.28. The summed E-state index contributed by atoms with van der Waals surface area (Å²) in [4.78, 5) is 11.6. The van der Waals surface area contributed by atoms with Gasteiger partial charge in [0.15, 0.2) is 5.78 Å². The third kappa shape index (κ3) is 2.83. The lowest BCUT2D eigenvalue weighted by Crippen LogP contribution is -2.14. The maximum absolute atomic E-state index is 11.6. The number of rotatable bonds is 3. The number of allylic oxidation sites excluding steroid dienone is 4. The van der Waals surface area contributed by atoms with Gasteiger partial charge in [-0.3, -0.25) is 4.79 Å². The molecule has 0 bridgehead atoms. The van der Waals surface area contributed by atoms with Crippen LogP contribution in [0.4, 0.5) is 0 Å². The Morgan fingerprint density at radius 3 is 2.86 bits per heavy atom. The van der Waals surface area contributed by atoms with Gasteiger partial charge in [-0.1, -0.05) is 31.6 Å². The Labute approximate surface area is 86.9 Å². The van der Waals surface area contributed by atoms with Crippen molar-refractivity contribution in [3.05, 3.63) is 23.8 Å². The van der Waals surface area contributed by atoms with Crippen LogP contribution in [-0.4, -0.2) is 5.78 Å². The van der Waals surface area contributed by atoms with Crippen molar-refractivity contribution in [1.29, 1.82) is 0 Å². The quantitative estimate of drug-likeness (QED) is 0.494. The van der Waals surface area contributed by atoms with Gasteiger partial charge in [0.05, 0.1) is 0 Å². The molecule has 0 aromatic carbocycles. The summed E-state index contributed by atoms with van der Waals surface area (Å²) in [6.07, 6.45) is 9.25. The molecule has 0 aromatic heterocycles. The summed E-state index contributed by atoms with van der Waals surface area (Å²) in [7, 11) is 0. The van der Waals surface area contributed by atoms with Crippen molar-refractivity contribution in [2.24, 2.45) is 11.8 Å². The fourth-order valence-corrected chi connectivity index (χ4v) is 1.87. The van der Waals surface area contributed by atoms with Gasteiger partial charge >= 0.3 is 0 Å². The largest absolute Gasteiger partial charge is 0.294 e. The predicted octanol–water partition coefficient (Wildman–Crippen LogP) is 3.51. The summed E-state index contributed by atoms with van der Waals surface area (Å²) < 4.78 is 0. The Balaban J connectivity index is 2.61. The van der Waals surface area contributed by atoms with Crippen LogP contribution in [-0.2, 0) is 4.79 Å². The lowest BCUT2D eigenvalue weighted by molar-refractivity contribution is -0.116. The van der Waals surface area contributed by atoms with E-state index in [0.29, 0.717) is 0 Å². The van der Waals surface area contributed by atoms with E-state index < -0.39 is 0 Å². The molecule has 0 saturated carbocycles. The van der Waals surface area contributed by atoms with Gasteiger partial charge < -0.3 is 0 Å². The molecule has 2 unspecified atom stereocenters. The van der Waals surface area contributed by atoms with Crippen LogP contribution >= 0.6 is 0 Å². The first kappa shape index (κ1) is 11.2. The minimum atomic E-state index is 0.0960. The van der Waals surface area contributed by atoms with E-state index in [1.807, 2.05) is 19.9 Å². The maximum Gasteiger partial charge on any atom is 0.162 e. The van der Waals surface area contributed by atoms with Gasteiger partial charge in [0.2, 0.25) is 0 Å². The van der Waals surface area contributed by atoms with Gasteiger partial charge in [-0.05, 0) is 38.2 Å². The third-order valence-electron chi connectivity index (χ3n) is 3.02. The van der Waals surface area contributed by atoms with E-state index in [2.05, 4.69) is 13.0 Å². The van der Waals surface area contributed by atoms with Gasteiger partial charge in [-0.2, -0.15) is 0 Å². The van der Waals surface area contributed by atoms with Crippen LogP contribution < -0.4 is 0 Å². The average molecular weight is 192 g/mol. The maximum atomic E-state index is 11.6. The minimum absolute atomic E-state index is 0.0960. The molecule has 1 rings (SSSR count). The molecular weight excluding hydrogens is 172 g/mol. The summed E-state index contributed by atoms with van der Waals surface area (Å²) in [6, 6.07) is 0. The number of hydrogen-bond acceptors (Lipinski definition) is 1. The molecule has 0 heterocycles. The molecule has 0 N–H and O–H groups in total. The molecule has 0 radical (unpaired) electrons. The van der Waals surface area contributed by atoms with Gasteiger partial charge in [0, 0.05) is 5.92 Å². The van der Waals surface area contributed by atoms with Crippen LogP contribution in [0.2, 0.25) is 0 Å². The highest BCUT2D eigenvalue weighted by molar-refractivity contribution is 5.93. The number of ketones is 1. The third-order valence-corrected chi connectivity index (χ3v) is 3.02. The van der Waals surface area contributed by atoms with Gasteiger partial charge in [0.1, 0.15) is 0 Å². The van der Waals surface area contributed by atoms with Crippen molar-refractivity contribution in [1.82, 2.24) is 0 Å². The van der Waals surface area contributed by atoms with Crippen molar-refractivity contribution >= 4 is 5.78 Å². The molecular formula is C13H20O. The molecule has 0 aromatic rings. The van der Waals surface area contributed by atoms with E-state index >= 15 is 0 Å². The van der Waals surface area contributed by atoms with Crippen LogP contribution in [0.25, 0.3) is 0 Å². The van der Waals surface area contributed by atoms with E-state index in [1.165, 1.54) is 12.0 Å². The van der Waals surface area contributed by atoms with Crippen molar-refractivity contribution in [3.63, 3.8) is 0 Å². The second kappa shape index (κ2) is 5.14. The van der Waals surface area contributed by atoms with Crippen molar-refractivity contribution in [2.45, 2.75) is 40.0 Å². The lowest BCUT2D eigenvalue weighted by Gasteiger charge is -2.21. The fraction of sp³-hybridized carbons (Fsp3) is 0.615. The van der Waals surface area contributed by atoms with Crippen molar-refractivity contribution in [2.75, 3.05) is 0 Å². The van der Waals surface area contributed by atoms with Crippen LogP contribution in [0.15, 0.2) is 23.8 Å². The lowest BCUT2D eigenvalue weighted by atomic mass is 9.84. The average Bonchev–Trinajstić information content (AvgIpc) is 2.18. The first-order valence-corrected chi connectivity index (χ1v) is 5.50. The normalized spacial score (nSPS) is 24.8. The Hall–Kier alpha value is -0.850. The van der Waals surface area contributed by atoms with E-state index in [0.717, 1.165) is 18.8 Å². The number of carbonyl (C=O) groups is 1. The smallest absolute Gasteiger partial charge is 0.162 e. The zero-order valence-electron chi connectivity index (χ0n) is 9.42. The molecule has 1 aliphatic rings. The molecule has 0 saturated heterocycles. The van der Waals surface area contributed by atoms with Crippen LogP contribution in [0.1, 0.15) is 40.0 Å². The number of hydrogen-bond donors (Lipinski definition) is 0. The standard InChI is InChI=1S/C13H20O/c1-4-5-13(14)11(3)12-8-6-10(2)7-9-12/h4-5,8,10-11H,6-7,9H2,1-3H3/b5-4+. The Bertz CT molecular complexity index is 260. The van der Waals surface area contributed by atoms with E-state index in [1.54, 1.807) is 6.08 Å². The minimum Gasteiger partial charge on any atom is -0.294 e. The van der Waals surface area contributed by atoms with Crippen LogP contribution in [0.5, 0.6) is 0 Å². The molecule has 0 spiro atoms. The summed E-state index contributed by atoms with van der Waals surface area (Å²) in [6.45, 7) is 6.18. The summed E-state index contributed by atoms with van der Waals surface area (Å²) >= 11 is 0. The summed E-state index contributed by atoms with van der Waals surface area (Å²) in [5.74, 6) is 1.13. The molecule has 0 aliphatic heterocycles. The molecule has 1 nitrogen and oxygen atoms in total. The molecule has 0 fully saturated rings. The number of carbonyl (C=O) groups excluding carboxylic acids is 1. The SMILES string of the molecule is C/C=C/C(=O)C(C)C1=CCC(C)CC1. The van der Waals surface area contributed by atoms with Gasteiger partial charge in [-0.25, -0.2) is 0 Å².